The van der Waals surface area contributed by atoms with Crippen LogP contribution < -0.4 is 5.73 Å². The minimum absolute atomic E-state index is 0.313. The van der Waals surface area contributed by atoms with Crippen molar-refractivity contribution in [2.24, 2.45) is 5.73 Å². The van der Waals surface area contributed by atoms with Gasteiger partial charge in [-0.2, -0.15) is 4.98 Å². The maximum absolute atomic E-state index is 6.43. The molecule has 4 heteroatoms. The summed E-state index contributed by atoms with van der Waals surface area (Å²) in [7, 11) is 0. The molecule has 1 saturated carbocycles. The summed E-state index contributed by atoms with van der Waals surface area (Å²) in [6.07, 6.45) is 5.21. The maximum Gasteiger partial charge on any atom is 0.236 e. The summed E-state index contributed by atoms with van der Waals surface area (Å²) in [4.78, 5) is 4.65. The molecular weight excluding hydrogens is 274 g/mol. The van der Waals surface area contributed by atoms with Crippen molar-refractivity contribution in [3.63, 3.8) is 0 Å². The van der Waals surface area contributed by atoms with Crippen molar-refractivity contribution >= 4 is 0 Å². The Hall–Kier alpha value is -1.68. The van der Waals surface area contributed by atoms with Crippen LogP contribution in [0.15, 0.2) is 28.8 Å². The van der Waals surface area contributed by atoms with Crippen LogP contribution in [0.5, 0.6) is 0 Å². The lowest BCUT2D eigenvalue weighted by atomic mass is 9.84. The zero-order valence-corrected chi connectivity index (χ0v) is 13.7. The molecule has 1 aromatic heterocycles. The molecule has 1 aromatic carbocycles. The highest BCUT2D eigenvalue weighted by Crippen LogP contribution is 2.37. The SMILES string of the molecule is CCc1ccc(C(C)(C)c2nc(C3(N)CCCC3)no2)cc1. The predicted octanol–water partition coefficient (Wildman–Crippen LogP) is 3.69. The summed E-state index contributed by atoms with van der Waals surface area (Å²) >= 11 is 0. The van der Waals surface area contributed by atoms with Gasteiger partial charge < -0.3 is 10.3 Å². The van der Waals surface area contributed by atoms with Crippen molar-refractivity contribution in [1.82, 2.24) is 10.1 Å². The van der Waals surface area contributed by atoms with Crippen molar-refractivity contribution in [3.05, 3.63) is 47.1 Å². The third-order valence-electron chi connectivity index (χ3n) is 4.99. The summed E-state index contributed by atoms with van der Waals surface area (Å²) in [6, 6.07) is 8.62. The van der Waals surface area contributed by atoms with Crippen molar-refractivity contribution in [2.75, 3.05) is 0 Å². The van der Waals surface area contributed by atoms with Gasteiger partial charge in [0.05, 0.1) is 11.0 Å². The average Bonchev–Trinajstić information content (AvgIpc) is 3.17. The quantitative estimate of drug-likeness (QED) is 0.935. The molecule has 0 aliphatic heterocycles. The van der Waals surface area contributed by atoms with Gasteiger partial charge in [0.15, 0.2) is 5.82 Å². The van der Waals surface area contributed by atoms with E-state index in [0.717, 1.165) is 32.1 Å². The Morgan fingerprint density at radius 2 is 1.82 bits per heavy atom. The fourth-order valence-electron chi connectivity index (χ4n) is 3.19. The Balaban J connectivity index is 1.90. The van der Waals surface area contributed by atoms with Gasteiger partial charge in [0.25, 0.3) is 0 Å². The maximum atomic E-state index is 6.43. The van der Waals surface area contributed by atoms with Gasteiger partial charge in [0.2, 0.25) is 5.89 Å². The topological polar surface area (TPSA) is 64.9 Å². The summed E-state index contributed by atoms with van der Waals surface area (Å²) in [5.41, 5.74) is 8.23. The summed E-state index contributed by atoms with van der Waals surface area (Å²) in [6.45, 7) is 6.39. The molecule has 0 spiro atoms. The van der Waals surface area contributed by atoms with Crippen LogP contribution in [0.25, 0.3) is 0 Å². The Morgan fingerprint density at radius 3 is 2.41 bits per heavy atom. The molecule has 1 aliphatic carbocycles. The fraction of sp³-hybridized carbons (Fsp3) is 0.556. The predicted molar refractivity (Wildman–Crippen MR) is 86.6 cm³/mol. The van der Waals surface area contributed by atoms with E-state index in [-0.39, 0.29) is 5.41 Å². The van der Waals surface area contributed by atoms with Crippen LogP contribution in [-0.4, -0.2) is 10.1 Å². The minimum Gasteiger partial charge on any atom is -0.338 e. The standard InChI is InChI=1S/C18H25N3O/c1-4-13-7-9-14(10-8-13)17(2,3)16-20-15(21-22-16)18(19)11-5-6-12-18/h7-10H,4-6,11-12,19H2,1-3H3. The molecule has 0 atom stereocenters. The lowest BCUT2D eigenvalue weighted by Gasteiger charge is -2.21. The molecule has 3 rings (SSSR count). The molecular formula is C18H25N3O. The highest BCUT2D eigenvalue weighted by molar-refractivity contribution is 5.32. The number of aromatic nitrogens is 2. The molecule has 0 radical (unpaired) electrons. The first kappa shape index (κ1) is 15.2. The minimum atomic E-state index is -0.399. The van der Waals surface area contributed by atoms with Crippen LogP contribution in [-0.2, 0) is 17.4 Å². The molecule has 0 unspecified atom stereocenters. The second kappa shape index (κ2) is 5.51. The molecule has 22 heavy (non-hydrogen) atoms. The van der Waals surface area contributed by atoms with Crippen molar-refractivity contribution in [1.29, 1.82) is 0 Å². The van der Waals surface area contributed by atoms with Gasteiger partial charge in [-0.15, -0.1) is 0 Å². The Kier molecular flexibility index (Phi) is 3.81. The lowest BCUT2D eigenvalue weighted by Crippen LogP contribution is -2.34. The van der Waals surface area contributed by atoms with Crippen LogP contribution in [0.4, 0.5) is 0 Å². The molecule has 2 aromatic rings. The normalized spacial score (nSPS) is 17.8. The highest BCUT2D eigenvalue weighted by atomic mass is 16.5. The number of nitrogens with two attached hydrogens (primary N) is 1. The van der Waals surface area contributed by atoms with Crippen LogP contribution in [0.1, 0.15) is 69.3 Å². The van der Waals surface area contributed by atoms with Crippen LogP contribution >= 0.6 is 0 Å². The van der Waals surface area contributed by atoms with E-state index in [0.29, 0.717) is 11.7 Å². The number of hydrogen-bond acceptors (Lipinski definition) is 4. The molecule has 0 bridgehead atoms. The molecule has 4 nitrogen and oxygen atoms in total. The van der Waals surface area contributed by atoms with E-state index in [2.05, 4.69) is 55.2 Å². The Labute approximate surface area is 132 Å². The first-order chi connectivity index (χ1) is 10.5. The summed E-state index contributed by atoms with van der Waals surface area (Å²) in [5.74, 6) is 1.31. The van der Waals surface area contributed by atoms with E-state index in [9.17, 15) is 0 Å². The largest absolute Gasteiger partial charge is 0.338 e. The van der Waals surface area contributed by atoms with Crippen LogP contribution in [0, 0.1) is 0 Å². The number of benzene rings is 1. The summed E-state index contributed by atoms with van der Waals surface area (Å²) in [5, 5.41) is 4.18. The van der Waals surface area contributed by atoms with Gasteiger partial charge in [-0.1, -0.05) is 49.2 Å². The fourth-order valence-corrected chi connectivity index (χ4v) is 3.19. The van der Waals surface area contributed by atoms with Crippen molar-refractivity contribution in [2.45, 2.75) is 63.8 Å². The molecule has 0 amide bonds. The number of rotatable bonds is 4. The second-order valence-electron chi connectivity index (χ2n) is 6.96. The smallest absolute Gasteiger partial charge is 0.236 e. The van der Waals surface area contributed by atoms with E-state index >= 15 is 0 Å². The third-order valence-corrected chi connectivity index (χ3v) is 4.99. The third kappa shape index (κ3) is 2.56. The van der Waals surface area contributed by atoms with Crippen molar-refractivity contribution in [3.8, 4) is 0 Å². The number of hydrogen-bond donors (Lipinski definition) is 1. The second-order valence-corrected chi connectivity index (χ2v) is 6.96. The lowest BCUT2D eigenvalue weighted by molar-refractivity contribution is 0.318. The van der Waals surface area contributed by atoms with Gasteiger partial charge >= 0.3 is 0 Å². The molecule has 0 saturated heterocycles. The zero-order chi connectivity index (χ0) is 15.8. The summed E-state index contributed by atoms with van der Waals surface area (Å²) < 4.78 is 5.58. The van der Waals surface area contributed by atoms with E-state index in [4.69, 9.17) is 10.3 Å². The molecule has 2 N–H and O–H groups in total. The van der Waals surface area contributed by atoms with Gasteiger partial charge in [-0.05, 0) is 44.2 Å². The van der Waals surface area contributed by atoms with Crippen LogP contribution in [0.2, 0.25) is 0 Å². The van der Waals surface area contributed by atoms with Crippen molar-refractivity contribution < 1.29 is 4.52 Å². The van der Waals surface area contributed by atoms with E-state index in [1.807, 2.05) is 0 Å². The average molecular weight is 299 g/mol. The molecule has 118 valence electrons. The van der Waals surface area contributed by atoms with Gasteiger partial charge in [-0.3, -0.25) is 0 Å². The monoisotopic (exact) mass is 299 g/mol. The van der Waals surface area contributed by atoms with Gasteiger partial charge in [0.1, 0.15) is 0 Å². The van der Waals surface area contributed by atoms with Gasteiger partial charge in [0, 0.05) is 0 Å². The molecule has 1 heterocycles. The van der Waals surface area contributed by atoms with E-state index in [1.165, 1.54) is 11.1 Å². The van der Waals surface area contributed by atoms with E-state index in [1.54, 1.807) is 0 Å². The van der Waals surface area contributed by atoms with E-state index < -0.39 is 5.54 Å². The Bertz CT molecular complexity index is 637. The first-order valence-corrected chi connectivity index (χ1v) is 8.19. The number of aryl methyl sites for hydroxylation is 1. The zero-order valence-electron chi connectivity index (χ0n) is 13.7. The first-order valence-electron chi connectivity index (χ1n) is 8.19. The van der Waals surface area contributed by atoms with Crippen LogP contribution in [0.3, 0.4) is 0 Å². The molecule has 1 aliphatic rings. The number of nitrogens with zero attached hydrogens (tertiary/aromatic N) is 2. The molecule has 1 fully saturated rings. The van der Waals surface area contributed by atoms with Gasteiger partial charge in [-0.25, -0.2) is 0 Å². The highest BCUT2D eigenvalue weighted by Gasteiger charge is 2.38. The Morgan fingerprint density at radius 1 is 1.18 bits per heavy atom.